The number of benzene rings is 1. The van der Waals surface area contributed by atoms with Crippen molar-refractivity contribution in [1.82, 2.24) is 9.78 Å². The van der Waals surface area contributed by atoms with Crippen LogP contribution in [0.2, 0.25) is 0 Å². The lowest BCUT2D eigenvalue weighted by molar-refractivity contribution is 0.0585. The summed E-state index contributed by atoms with van der Waals surface area (Å²) in [6.45, 7) is 0. The molecule has 0 fully saturated rings. The molecular weight excluding hydrogens is 267 g/mol. The maximum atomic E-state index is 12.9. The Hall–Kier alpha value is -2.70. The van der Waals surface area contributed by atoms with Crippen LogP contribution in [-0.2, 0) is 9.47 Å². The Balaban J connectivity index is 2.54. The van der Waals surface area contributed by atoms with Gasteiger partial charge >= 0.3 is 11.9 Å². The van der Waals surface area contributed by atoms with Gasteiger partial charge in [-0.3, -0.25) is 0 Å². The van der Waals surface area contributed by atoms with Gasteiger partial charge in [0.1, 0.15) is 5.82 Å². The lowest BCUT2D eigenvalue weighted by Gasteiger charge is -2.05. The van der Waals surface area contributed by atoms with E-state index in [4.69, 9.17) is 0 Å². The number of nitrogens with zero attached hydrogens (tertiary/aromatic N) is 2. The smallest absolute Gasteiger partial charge is 0.358 e. The van der Waals surface area contributed by atoms with Crippen molar-refractivity contribution in [2.45, 2.75) is 0 Å². The van der Waals surface area contributed by atoms with E-state index in [0.29, 0.717) is 5.69 Å². The van der Waals surface area contributed by atoms with E-state index in [1.54, 1.807) is 0 Å². The quantitative estimate of drug-likeness (QED) is 0.797. The van der Waals surface area contributed by atoms with Crippen LogP contribution >= 0.6 is 0 Å². The predicted molar refractivity (Wildman–Crippen MR) is 66.2 cm³/mol. The Morgan fingerprint density at radius 2 is 1.70 bits per heavy atom. The van der Waals surface area contributed by atoms with Crippen LogP contribution in [0.1, 0.15) is 21.0 Å². The fourth-order valence-corrected chi connectivity index (χ4v) is 1.61. The van der Waals surface area contributed by atoms with Crippen LogP contribution in [0, 0.1) is 5.82 Å². The maximum Gasteiger partial charge on any atom is 0.358 e. The second-order valence-corrected chi connectivity index (χ2v) is 3.79. The maximum absolute atomic E-state index is 12.9. The van der Waals surface area contributed by atoms with Gasteiger partial charge in [-0.05, 0) is 24.3 Å². The summed E-state index contributed by atoms with van der Waals surface area (Å²) in [7, 11) is 2.42. The van der Waals surface area contributed by atoms with Gasteiger partial charge in [-0.2, -0.15) is 5.10 Å². The van der Waals surface area contributed by atoms with Gasteiger partial charge in [0.2, 0.25) is 0 Å². The molecule has 0 amide bonds. The number of esters is 2. The largest absolute Gasteiger partial charge is 0.464 e. The topological polar surface area (TPSA) is 70.4 Å². The molecule has 104 valence electrons. The molecule has 6 nitrogen and oxygen atoms in total. The lowest BCUT2D eigenvalue weighted by atomic mass is 10.3. The number of carbonyl (C=O) groups is 2. The molecule has 1 heterocycles. The van der Waals surface area contributed by atoms with Crippen LogP contribution in [0.15, 0.2) is 30.3 Å². The number of ether oxygens (including phenoxy) is 2. The minimum Gasteiger partial charge on any atom is -0.464 e. The molecule has 0 saturated carbocycles. The van der Waals surface area contributed by atoms with Crippen molar-refractivity contribution in [2.24, 2.45) is 0 Å². The molecule has 0 unspecified atom stereocenters. The van der Waals surface area contributed by atoms with Gasteiger partial charge in [0.05, 0.1) is 19.9 Å². The highest BCUT2D eigenvalue weighted by molar-refractivity contribution is 5.93. The van der Waals surface area contributed by atoms with E-state index in [9.17, 15) is 14.0 Å². The molecule has 0 atom stereocenters. The highest BCUT2D eigenvalue weighted by Crippen LogP contribution is 2.15. The van der Waals surface area contributed by atoms with E-state index >= 15 is 0 Å². The van der Waals surface area contributed by atoms with E-state index in [0.717, 1.165) is 0 Å². The lowest BCUT2D eigenvalue weighted by Crippen LogP contribution is -2.10. The molecule has 7 heteroatoms. The normalized spacial score (nSPS) is 10.2. The Morgan fingerprint density at radius 3 is 2.25 bits per heavy atom. The Labute approximate surface area is 113 Å². The second-order valence-electron chi connectivity index (χ2n) is 3.79. The van der Waals surface area contributed by atoms with E-state index in [1.807, 2.05) is 0 Å². The predicted octanol–water partition coefficient (Wildman–Crippen LogP) is 1.58. The van der Waals surface area contributed by atoms with Crippen LogP contribution in [-0.4, -0.2) is 35.9 Å². The standard InChI is InChI=1S/C13H11FN2O4/c1-19-12(17)10-7-11(13(18)20-2)16(15-10)9-5-3-8(14)4-6-9/h3-7H,1-2H3. The van der Waals surface area contributed by atoms with E-state index in [1.165, 1.54) is 49.2 Å². The molecule has 2 aromatic rings. The summed E-state index contributed by atoms with van der Waals surface area (Å²) < 4.78 is 23.3. The summed E-state index contributed by atoms with van der Waals surface area (Å²) in [5.41, 5.74) is 0.415. The third-order valence-corrected chi connectivity index (χ3v) is 2.57. The van der Waals surface area contributed by atoms with Gasteiger partial charge < -0.3 is 9.47 Å². The summed E-state index contributed by atoms with van der Waals surface area (Å²) >= 11 is 0. The number of rotatable bonds is 3. The Bertz CT molecular complexity index is 649. The number of hydrogen-bond acceptors (Lipinski definition) is 5. The first-order valence-electron chi connectivity index (χ1n) is 5.59. The number of carbonyl (C=O) groups excluding carboxylic acids is 2. The Morgan fingerprint density at radius 1 is 1.10 bits per heavy atom. The van der Waals surface area contributed by atoms with Crippen molar-refractivity contribution in [3.63, 3.8) is 0 Å². The summed E-state index contributed by atoms with van der Waals surface area (Å²) in [6.07, 6.45) is 0. The fourth-order valence-electron chi connectivity index (χ4n) is 1.61. The molecule has 2 rings (SSSR count). The minimum absolute atomic E-state index is 0.0412. The molecule has 0 radical (unpaired) electrons. The minimum atomic E-state index is -0.684. The second kappa shape index (κ2) is 5.52. The first-order chi connectivity index (χ1) is 9.56. The van der Waals surface area contributed by atoms with Gasteiger partial charge in [0.25, 0.3) is 0 Å². The summed E-state index contributed by atoms with van der Waals surface area (Å²) in [6, 6.07) is 6.54. The molecular formula is C13H11FN2O4. The molecule has 1 aromatic heterocycles. The molecule has 20 heavy (non-hydrogen) atoms. The van der Waals surface area contributed by atoms with Gasteiger partial charge in [-0.1, -0.05) is 0 Å². The molecule has 0 aliphatic carbocycles. The van der Waals surface area contributed by atoms with Crippen molar-refractivity contribution >= 4 is 11.9 Å². The summed E-state index contributed by atoms with van der Waals surface area (Å²) in [5.74, 6) is -1.78. The molecule has 1 aromatic carbocycles. The third kappa shape index (κ3) is 2.51. The van der Waals surface area contributed by atoms with Crippen molar-refractivity contribution in [3.05, 3.63) is 47.5 Å². The van der Waals surface area contributed by atoms with E-state index in [2.05, 4.69) is 14.6 Å². The summed E-state index contributed by atoms with van der Waals surface area (Å²) in [4.78, 5) is 23.2. The van der Waals surface area contributed by atoms with Crippen LogP contribution in [0.4, 0.5) is 4.39 Å². The van der Waals surface area contributed by atoms with Crippen molar-refractivity contribution in [3.8, 4) is 5.69 Å². The molecule has 0 N–H and O–H groups in total. The third-order valence-electron chi connectivity index (χ3n) is 2.57. The molecule has 0 aliphatic heterocycles. The van der Waals surface area contributed by atoms with E-state index < -0.39 is 17.8 Å². The number of halogens is 1. The van der Waals surface area contributed by atoms with Crippen LogP contribution in [0.3, 0.4) is 0 Å². The zero-order valence-electron chi connectivity index (χ0n) is 10.8. The van der Waals surface area contributed by atoms with Crippen LogP contribution < -0.4 is 0 Å². The van der Waals surface area contributed by atoms with Crippen LogP contribution in [0.25, 0.3) is 5.69 Å². The first kappa shape index (κ1) is 13.7. The number of aromatic nitrogens is 2. The number of methoxy groups -OCH3 is 2. The molecule has 0 saturated heterocycles. The van der Waals surface area contributed by atoms with Gasteiger partial charge in [-0.25, -0.2) is 18.7 Å². The first-order valence-corrected chi connectivity index (χ1v) is 5.59. The summed E-state index contributed by atoms with van der Waals surface area (Å²) in [5, 5.41) is 3.97. The fraction of sp³-hybridized carbons (Fsp3) is 0.154. The van der Waals surface area contributed by atoms with Crippen molar-refractivity contribution in [2.75, 3.05) is 14.2 Å². The average molecular weight is 278 g/mol. The van der Waals surface area contributed by atoms with Gasteiger partial charge in [0, 0.05) is 6.07 Å². The van der Waals surface area contributed by atoms with E-state index in [-0.39, 0.29) is 11.4 Å². The van der Waals surface area contributed by atoms with Crippen LogP contribution in [0.5, 0.6) is 0 Å². The monoisotopic (exact) mass is 278 g/mol. The van der Waals surface area contributed by atoms with Crippen molar-refractivity contribution < 1.29 is 23.5 Å². The number of hydrogen-bond donors (Lipinski definition) is 0. The molecule has 0 aliphatic rings. The average Bonchev–Trinajstić information content (AvgIpc) is 2.91. The highest BCUT2D eigenvalue weighted by atomic mass is 19.1. The van der Waals surface area contributed by atoms with Gasteiger partial charge in [-0.15, -0.1) is 0 Å². The molecule has 0 bridgehead atoms. The Kier molecular flexibility index (Phi) is 3.79. The highest BCUT2D eigenvalue weighted by Gasteiger charge is 2.21. The molecule has 0 spiro atoms. The SMILES string of the molecule is COC(=O)c1cc(C(=O)OC)n(-c2ccc(F)cc2)n1. The zero-order valence-corrected chi connectivity index (χ0v) is 10.8. The van der Waals surface area contributed by atoms with Crippen molar-refractivity contribution in [1.29, 1.82) is 0 Å². The zero-order chi connectivity index (χ0) is 14.7. The van der Waals surface area contributed by atoms with Gasteiger partial charge in [0.15, 0.2) is 11.4 Å².